The van der Waals surface area contributed by atoms with Crippen molar-refractivity contribution in [2.24, 2.45) is 0 Å². The van der Waals surface area contributed by atoms with Crippen molar-refractivity contribution in [3.8, 4) is 0 Å². The Morgan fingerprint density at radius 1 is 1.38 bits per heavy atom. The lowest BCUT2D eigenvalue weighted by atomic mass is 10.3. The first-order valence-corrected chi connectivity index (χ1v) is 7.73. The molecular formula is C15H28N4O2. The van der Waals surface area contributed by atoms with E-state index in [4.69, 9.17) is 5.11 Å². The summed E-state index contributed by atoms with van der Waals surface area (Å²) < 4.78 is 1.96. The van der Waals surface area contributed by atoms with Gasteiger partial charge in [-0.2, -0.15) is 5.10 Å². The minimum Gasteiger partial charge on any atom is -0.395 e. The predicted octanol–water partition coefficient (Wildman–Crippen LogP) is 1.69. The molecule has 1 aromatic rings. The molecule has 120 valence electrons. The predicted molar refractivity (Wildman–Crippen MR) is 83.3 cm³/mol. The largest absolute Gasteiger partial charge is 0.395 e. The zero-order valence-corrected chi connectivity index (χ0v) is 13.4. The Bertz CT molecular complexity index is 431. The molecule has 1 aromatic heterocycles. The van der Waals surface area contributed by atoms with Gasteiger partial charge in [0.1, 0.15) is 0 Å². The molecule has 0 unspecified atom stereocenters. The van der Waals surface area contributed by atoms with Gasteiger partial charge in [0.05, 0.1) is 12.3 Å². The van der Waals surface area contributed by atoms with Gasteiger partial charge in [-0.3, -0.25) is 4.68 Å². The van der Waals surface area contributed by atoms with Gasteiger partial charge in [-0.1, -0.05) is 13.3 Å². The molecule has 6 nitrogen and oxygen atoms in total. The van der Waals surface area contributed by atoms with Crippen LogP contribution in [0.15, 0.2) is 6.07 Å². The fourth-order valence-corrected chi connectivity index (χ4v) is 2.22. The van der Waals surface area contributed by atoms with Crippen LogP contribution in [0.3, 0.4) is 0 Å². The number of unbranched alkanes of at least 4 members (excludes halogenated alkanes) is 1. The third-order valence-corrected chi connectivity index (χ3v) is 3.36. The highest BCUT2D eigenvalue weighted by atomic mass is 16.3. The maximum absolute atomic E-state index is 12.0. The molecule has 2 N–H and O–H groups in total. The Morgan fingerprint density at radius 3 is 2.71 bits per heavy atom. The number of aliphatic hydroxyl groups excluding tert-OH is 1. The third-order valence-electron chi connectivity index (χ3n) is 3.36. The molecule has 6 heteroatoms. The van der Waals surface area contributed by atoms with Crippen molar-refractivity contribution in [2.45, 2.75) is 46.6 Å². The number of nitrogens with one attached hydrogen (secondary N) is 1. The number of aliphatic hydroxyl groups is 1. The van der Waals surface area contributed by atoms with E-state index in [-0.39, 0.29) is 12.6 Å². The van der Waals surface area contributed by atoms with Crippen LogP contribution in [0.5, 0.6) is 0 Å². The standard InChI is InChI=1S/C15H28N4O2/c1-4-5-8-18(10-11-20)15(21)16-7-6-9-19-14(3)12-13(2)17-19/h12,20H,4-11H2,1-3H3,(H,16,21). The van der Waals surface area contributed by atoms with Crippen molar-refractivity contribution in [2.75, 3.05) is 26.2 Å². The fourth-order valence-electron chi connectivity index (χ4n) is 2.22. The van der Waals surface area contributed by atoms with Crippen molar-refractivity contribution < 1.29 is 9.90 Å². The monoisotopic (exact) mass is 296 g/mol. The Balaban J connectivity index is 2.29. The molecule has 0 aliphatic rings. The summed E-state index contributed by atoms with van der Waals surface area (Å²) in [4.78, 5) is 13.7. The molecule has 0 spiro atoms. The van der Waals surface area contributed by atoms with Crippen LogP contribution in [0.2, 0.25) is 0 Å². The number of aryl methyl sites for hydroxylation is 3. The van der Waals surface area contributed by atoms with E-state index in [9.17, 15) is 4.79 Å². The van der Waals surface area contributed by atoms with Gasteiger partial charge in [0.2, 0.25) is 0 Å². The number of hydrogen-bond acceptors (Lipinski definition) is 3. The summed E-state index contributed by atoms with van der Waals surface area (Å²) in [5, 5.41) is 16.3. The van der Waals surface area contributed by atoms with Gasteiger partial charge in [-0.25, -0.2) is 4.79 Å². The van der Waals surface area contributed by atoms with Crippen LogP contribution in [-0.4, -0.2) is 52.1 Å². The smallest absolute Gasteiger partial charge is 0.317 e. The van der Waals surface area contributed by atoms with E-state index >= 15 is 0 Å². The molecule has 0 aliphatic carbocycles. The third kappa shape index (κ3) is 6.16. The molecule has 0 aromatic carbocycles. The number of rotatable bonds is 9. The molecular weight excluding hydrogens is 268 g/mol. The lowest BCUT2D eigenvalue weighted by Crippen LogP contribution is -2.42. The number of carbonyl (C=O) groups is 1. The molecule has 0 atom stereocenters. The number of carbonyl (C=O) groups excluding carboxylic acids is 1. The molecule has 0 radical (unpaired) electrons. The Hall–Kier alpha value is -1.56. The lowest BCUT2D eigenvalue weighted by molar-refractivity contribution is 0.176. The first-order chi connectivity index (χ1) is 10.1. The summed E-state index contributed by atoms with van der Waals surface area (Å²) in [6, 6.07) is 1.96. The second kappa shape index (κ2) is 9.39. The molecule has 2 amide bonds. The van der Waals surface area contributed by atoms with Crippen LogP contribution in [0, 0.1) is 13.8 Å². The highest BCUT2D eigenvalue weighted by Crippen LogP contribution is 2.02. The molecule has 0 saturated carbocycles. The van der Waals surface area contributed by atoms with Gasteiger partial charge < -0.3 is 15.3 Å². The van der Waals surface area contributed by atoms with Crippen LogP contribution in [0.4, 0.5) is 4.79 Å². The molecule has 0 fully saturated rings. The molecule has 21 heavy (non-hydrogen) atoms. The van der Waals surface area contributed by atoms with Crippen molar-refractivity contribution in [3.63, 3.8) is 0 Å². The van der Waals surface area contributed by atoms with Crippen LogP contribution in [0.25, 0.3) is 0 Å². The average Bonchev–Trinajstić information content (AvgIpc) is 2.77. The van der Waals surface area contributed by atoms with E-state index in [0.717, 1.165) is 37.2 Å². The zero-order chi connectivity index (χ0) is 15.7. The van der Waals surface area contributed by atoms with E-state index < -0.39 is 0 Å². The van der Waals surface area contributed by atoms with Crippen LogP contribution in [0.1, 0.15) is 37.6 Å². The Morgan fingerprint density at radius 2 is 2.14 bits per heavy atom. The first-order valence-electron chi connectivity index (χ1n) is 7.73. The van der Waals surface area contributed by atoms with Crippen molar-refractivity contribution in [1.29, 1.82) is 0 Å². The number of nitrogens with zero attached hydrogens (tertiary/aromatic N) is 3. The highest BCUT2D eigenvalue weighted by molar-refractivity contribution is 5.74. The quantitative estimate of drug-likeness (QED) is 0.681. The summed E-state index contributed by atoms with van der Waals surface area (Å²) in [6.07, 6.45) is 2.83. The van der Waals surface area contributed by atoms with Crippen molar-refractivity contribution in [3.05, 3.63) is 17.5 Å². The van der Waals surface area contributed by atoms with E-state index in [1.54, 1.807) is 4.90 Å². The maximum atomic E-state index is 12.0. The van der Waals surface area contributed by atoms with E-state index in [2.05, 4.69) is 17.3 Å². The first kappa shape index (κ1) is 17.5. The van der Waals surface area contributed by atoms with Gasteiger partial charge in [0.25, 0.3) is 0 Å². The van der Waals surface area contributed by atoms with Gasteiger partial charge in [-0.15, -0.1) is 0 Å². The van der Waals surface area contributed by atoms with Gasteiger partial charge in [0.15, 0.2) is 0 Å². The summed E-state index contributed by atoms with van der Waals surface area (Å²) >= 11 is 0. The van der Waals surface area contributed by atoms with Gasteiger partial charge in [-0.05, 0) is 32.8 Å². The molecule has 0 saturated heterocycles. The number of amides is 2. The molecule has 0 aliphatic heterocycles. The maximum Gasteiger partial charge on any atom is 0.317 e. The van der Waals surface area contributed by atoms with Crippen LogP contribution < -0.4 is 5.32 Å². The second-order valence-electron chi connectivity index (χ2n) is 5.30. The normalized spacial score (nSPS) is 10.7. The second-order valence-corrected chi connectivity index (χ2v) is 5.30. The molecule has 1 heterocycles. The number of hydrogen-bond donors (Lipinski definition) is 2. The number of urea groups is 1. The van der Waals surface area contributed by atoms with Crippen molar-refractivity contribution in [1.82, 2.24) is 20.0 Å². The molecule has 0 bridgehead atoms. The highest BCUT2D eigenvalue weighted by Gasteiger charge is 2.11. The minimum absolute atomic E-state index is 0.00287. The Kier molecular flexibility index (Phi) is 7.82. The van der Waals surface area contributed by atoms with E-state index in [1.165, 1.54) is 0 Å². The Labute approximate surface area is 127 Å². The van der Waals surface area contributed by atoms with E-state index in [1.807, 2.05) is 24.6 Å². The zero-order valence-electron chi connectivity index (χ0n) is 13.4. The fraction of sp³-hybridized carbons (Fsp3) is 0.733. The van der Waals surface area contributed by atoms with E-state index in [0.29, 0.717) is 19.6 Å². The van der Waals surface area contributed by atoms with Crippen LogP contribution in [-0.2, 0) is 6.54 Å². The summed E-state index contributed by atoms with van der Waals surface area (Å²) in [5.41, 5.74) is 2.16. The summed E-state index contributed by atoms with van der Waals surface area (Å²) in [5.74, 6) is 0. The molecule has 1 rings (SSSR count). The SMILES string of the molecule is CCCCN(CCO)C(=O)NCCCn1nc(C)cc1C. The topological polar surface area (TPSA) is 70.4 Å². The average molecular weight is 296 g/mol. The van der Waals surface area contributed by atoms with Crippen LogP contribution >= 0.6 is 0 Å². The van der Waals surface area contributed by atoms with Gasteiger partial charge in [0, 0.05) is 31.9 Å². The van der Waals surface area contributed by atoms with Crippen molar-refractivity contribution >= 4 is 6.03 Å². The summed E-state index contributed by atoms with van der Waals surface area (Å²) in [6.45, 7) is 8.61. The number of aromatic nitrogens is 2. The summed E-state index contributed by atoms with van der Waals surface area (Å²) in [7, 11) is 0. The lowest BCUT2D eigenvalue weighted by Gasteiger charge is -2.22. The minimum atomic E-state index is -0.0918. The van der Waals surface area contributed by atoms with Gasteiger partial charge >= 0.3 is 6.03 Å².